The zero-order valence-electron chi connectivity index (χ0n) is 11.4. The number of rotatable bonds is 5. The van der Waals surface area contributed by atoms with E-state index in [4.69, 9.17) is 5.73 Å². The van der Waals surface area contributed by atoms with Gasteiger partial charge in [-0.15, -0.1) is 0 Å². The lowest BCUT2D eigenvalue weighted by molar-refractivity contribution is 0.0698. The maximum absolute atomic E-state index is 11.4. The molecular weight excluding hydrogens is 240 g/mol. The lowest BCUT2D eigenvalue weighted by Crippen LogP contribution is -2.09. The van der Waals surface area contributed by atoms with Crippen molar-refractivity contribution in [3.05, 3.63) is 35.0 Å². The van der Waals surface area contributed by atoms with E-state index in [0.717, 1.165) is 36.0 Å². The van der Waals surface area contributed by atoms with Crippen molar-refractivity contribution in [3.8, 4) is 0 Å². The first kappa shape index (κ1) is 13.6. The largest absolute Gasteiger partial charge is 0.478 e. The summed E-state index contributed by atoms with van der Waals surface area (Å²) >= 11 is 0. The zero-order valence-corrected chi connectivity index (χ0v) is 11.4. The summed E-state index contributed by atoms with van der Waals surface area (Å²) in [4.78, 5) is 11.4. The molecule has 0 fully saturated rings. The Hall–Kier alpha value is -1.81. The molecule has 2 rings (SSSR count). The van der Waals surface area contributed by atoms with Gasteiger partial charge in [-0.3, -0.25) is 0 Å². The van der Waals surface area contributed by atoms with Crippen LogP contribution in [0, 0.1) is 6.92 Å². The normalized spacial score (nSPS) is 11.1. The van der Waals surface area contributed by atoms with Crippen LogP contribution < -0.4 is 5.73 Å². The molecule has 3 N–H and O–H groups in total. The minimum Gasteiger partial charge on any atom is -0.478 e. The molecular formula is C15H20N2O2. The maximum Gasteiger partial charge on any atom is 0.337 e. The molecule has 0 saturated heterocycles. The number of aromatic carboxylic acids is 1. The lowest BCUT2D eigenvalue weighted by atomic mass is 10.1. The molecule has 1 aromatic heterocycles. The monoisotopic (exact) mass is 260 g/mol. The van der Waals surface area contributed by atoms with Gasteiger partial charge in [0.2, 0.25) is 0 Å². The van der Waals surface area contributed by atoms with Gasteiger partial charge in [-0.25, -0.2) is 4.79 Å². The van der Waals surface area contributed by atoms with E-state index in [0.29, 0.717) is 12.1 Å². The minimum atomic E-state index is -0.875. The molecule has 0 aliphatic carbocycles. The van der Waals surface area contributed by atoms with Gasteiger partial charge in [0.1, 0.15) is 0 Å². The molecule has 0 aliphatic heterocycles. The van der Waals surface area contributed by atoms with Crippen molar-refractivity contribution in [1.82, 2.24) is 4.57 Å². The molecule has 0 spiro atoms. The van der Waals surface area contributed by atoms with E-state index in [9.17, 15) is 9.90 Å². The summed E-state index contributed by atoms with van der Waals surface area (Å²) in [5, 5.41) is 10.4. The molecule has 19 heavy (non-hydrogen) atoms. The molecule has 0 amide bonds. The molecule has 0 radical (unpaired) electrons. The van der Waals surface area contributed by atoms with Gasteiger partial charge < -0.3 is 15.4 Å². The highest BCUT2D eigenvalue weighted by Gasteiger charge is 2.18. The van der Waals surface area contributed by atoms with E-state index in [-0.39, 0.29) is 0 Å². The number of para-hydroxylation sites is 1. The first-order valence-corrected chi connectivity index (χ1v) is 6.65. The predicted molar refractivity (Wildman–Crippen MR) is 76.7 cm³/mol. The van der Waals surface area contributed by atoms with Gasteiger partial charge in [-0.1, -0.05) is 19.1 Å². The fourth-order valence-corrected chi connectivity index (χ4v) is 2.75. The molecule has 0 aliphatic rings. The molecule has 0 atom stereocenters. The molecule has 0 saturated carbocycles. The predicted octanol–water partition coefficient (Wildman–Crippen LogP) is 2.56. The van der Waals surface area contributed by atoms with Gasteiger partial charge in [0.15, 0.2) is 0 Å². The number of nitrogens with two attached hydrogens (primary N) is 1. The zero-order chi connectivity index (χ0) is 14.0. The van der Waals surface area contributed by atoms with Crippen LogP contribution in [0.25, 0.3) is 10.9 Å². The van der Waals surface area contributed by atoms with Crippen molar-refractivity contribution in [2.24, 2.45) is 5.73 Å². The lowest BCUT2D eigenvalue weighted by Gasteiger charge is -2.09. The number of aryl methyl sites for hydroxylation is 2. The molecule has 102 valence electrons. The van der Waals surface area contributed by atoms with Gasteiger partial charge in [0.25, 0.3) is 0 Å². The van der Waals surface area contributed by atoms with E-state index < -0.39 is 5.97 Å². The van der Waals surface area contributed by atoms with Crippen LogP contribution in [0.3, 0.4) is 0 Å². The Labute approximate surface area is 112 Å². The SMILES string of the molecule is CCc1c(C)n(CCCN)c2c(C(=O)O)cccc12. The van der Waals surface area contributed by atoms with Crippen molar-refractivity contribution < 1.29 is 9.90 Å². The van der Waals surface area contributed by atoms with Crippen molar-refractivity contribution >= 4 is 16.9 Å². The fourth-order valence-electron chi connectivity index (χ4n) is 2.75. The second kappa shape index (κ2) is 5.45. The Bertz CT molecular complexity index is 614. The first-order chi connectivity index (χ1) is 9.11. The second-order valence-corrected chi connectivity index (χ2v) is 4.72. The Morgan fingerprint density at radius 3 is 2.74 bits per heavy atom. The van der Waals surface area contributed by atoms with E-state index in [1.807, 2.05) is 12.1 Å². The fraction of sp³-hybridized carbons (Fsp3) is 0.400. The molecule has 4 heteroatoms. The highest BCUT2D eigenvalue weighted by atomic mass is 16.4. The minimum absolute atomic E-state index is 0.373. The third kappa shape index (κ3) is 2.24. The summed E-state index contributed by atoms with van der Waals surface area (Å²) < 4.78 is 2.10. The number of carboxylic acid groups (broad SMARTS) is 1. The summed E-state index contributed by atoms with van der Waals surface area (Å²) in [6, 6.07) is 5.49. The van der Waals surface area contributed by atoms with Crippen molar-refractivity contribution in [2.45, 2.75) is 33.2 Å². The standard InChI is InChI=1S/C15H20N2O2/c1-3-11-10(2)17(9-5-8-16)14-12(11)6-4-7-13(14)15(18)19/h4,6-7H,3,5,8-9,16H2,1-2H3,(H,18,19). The third-order valence-corrected chi connectivity index (χ3v) is 3.64. The number of carboxylic acids is 1. The number of hydrogen-bond donors (Lipinski definition) is 2. The highest BCUT2D eigenvalue weighted by molar-refractivity contribution is 6.03. The van der Waals surface area contributed by atoms with E-state index in [2.05, 4.69) is 18.4 Å². The van der Waals surface area contributed by atoms with Crippen molar-refractivity contribution in [3.63, 3.8) is 0 Å². The summed E-state index contributed by atoms with van der Waals surface area (Å²) in [5.41, 5.74) is 9.17. The topological polar surface area (TPSA) is 68.2 Å². The summed E-state index contributed by atoms with van der Waals surface area (Å²) in [6.45, 7) is 5.53. The van der Waals surface area contributed by atoms with E-state index >= 15 is 0 Å². The van der Waals surface area contributed by atoms with Gasteiger partial charge >= 0.3 is 5.97 Å². The van der Waals surface area contributed by atoms with Crippen molar-refractivity contribution in [1.29, 1.82) is 0 Å². The molecule has 2 aromatic rings. The number of carbonyl (C=O) groups is 1. The van der Waals surface area contributed by atoms with Crippen LogP contribution in [0.1, 0.15) is 35.0 Å². The van der Waals surface area contributed by atoms with Gasteiger partial charge in [0, 0.05) is 17.6 Å². The van der Waals surface area contributed by atoms with Gasteiger partial charge in [0.05, 0.1) is 11.1 Å². The van der Waals surface area contributed by atoms with Crippen molar-refractivity contribution in [2.75, 3.05) is 6.54 Å². The average molecular weight is 260 g/mol. The van der Waals surface area contributed by atoms with Crippen LogP contribution in [-0.2, 0) is 13.0 Å². The Balaban J connectivity index is 2.76. The molecule has 4 nitrogen and oxygen atoms in total. The van der Waals surface area contributed by atoms with E-state index in [1.165, 1.54) is 5.56 Å². The second-order valence-electron chi connectivity index (χ2n) is 4.72. The summed E-state index contributed by atoms with van der Waals surface area (Å²) in [6.07, 6.45) is 1.75. The Morgan fingerprint density at radius 1 is 1.42 bits per heavy atom. The van der Waals surface area contributed by atoms with Crippen LogP contribution in [-0.4, -0.2) is 22.2 Å². The Kier molecular flexibility index (Phi) is 3.90. The van der Waals surface area contributed by atoms with Crippen LogP contribution in [0.2, 0.25) is 0 Å². The third-order valence-electron chi connectivity index (χ3n) is 3.64. The van der Waals surface area contributed by atoms with Crippen LogP contribution in [0.4, 0.5) is 0 Å². The number of fused-ring (bicyclic) bond motifs is 1. The number of hydrogen-bond acceptors (Lipinski definition) is 2. The van der Waals surface area contributed by atoms with Gasteiger partial charge in [-0.2, -0.15) is 0 Å². The molecule has 0 bridgehead atoms. The smallest absolute Gasteiger partial charge is 0.337 e. The Morgan fingerprint density at radius 2 is 2.16 bits per heavy atom. The number of benzene rings is 1. The molecule has 0 unspecified atom stereocenters. The van der Waals surface area contributed by atoms with Crippen LogP contribution in [0.5, 0.6) is 0 Å². The molecule has 1 aromatic carbocycles. The summed E-state index contributed by atoms with van der Waals surface area (Å²) in [7, 11) is 0. The van der Waals surface area contributed by atoms with E-state index in [1.54, 1.807) is 6.07 Å². The number of nitrogens with zero attached hydrogens (tertiary/aromatic N) is 1. The van der Waals surface area contributed by atoms with Crippen LogP contribution >= 0.6 is 0 Å². The average Bonchev–Trinajstić information content (AvgIpc) is 2.67. The van der Waals surface area contributed by atoms with Gasteiger partial charge in [-0.05, 0) is 37.9 Å². The first-order valence-electron chi connectivity index (χ1n) is 6.65. The molecule has 1 heterocycles. The maximum atomic E-state index is 11.4. The quantitative estimate of drug-likeness (QED) is 0.868. The highest BCUT2D eigenvalue weighted by Crippen LogP contribution is 2.29. The number of aromatic nitrogens is 1. The summed E-state index contributed by atoms with van der Waals surface area (Å²) in [5.74, 6) is -0.875. The van der Waals surface area contributed by atoms with Crippen LogP contribution in [0.15, 0.2) is 18.2 Å².